The van der Waals surface area contributed by atoms with Crippen molar-refractivity contribution in [3.8, 4) is 23.0 Å². The van der Waals surface area contributed by atoms with Crippen molar-refractivity contribution in [2.75, 3.05) is 40.1 Å². The van der Waals surface area contributed by atoms with Gasteiger partial charge in [0.2, 0.25) is 5.79 Å². The van der Waals surface area contributed by atoms with E-state index >= 15 is 0 Å². The van der Waals surface area contributed by atoms with E-state index < -0.39 is 29.4 Å². The van der Waals surface area contributed by atoms with Crippen molar-refractivity contribution in [2.24, 2.45) is 22.9 Å². The van der Waals surface area contributed by atoms with Gasteiger partial charge in [0.15, 0.2) is 6.29 Å². The second kappa shape index (κ2) is 19.8. The summed E-state index contributed by atoms with van der Waals surface area (Å²) >= 11 is 0. The summed E-state index contributed by atoms with van der Waals surface area (Å²) in [6, 6.07) is 10.2. The molecule has 57 heavy (non-hydrogen) atoms. The van der Waals surface area contributed by atoms with Crippen LogP contribution in [0.3, 0.4) is 0 Å². The van der Waals surface area contributed by atoms with Crippen LogP contribution in [0.15, 0.2) is 65.9 Å². The number of aliphatic hydroxyl groups excluding tert-OH is 2. The lowest BCUT2D eigenvalue weighted by Crippen LogP contribution is -2.70. The Balaban J connectivity index is 1.79. The van der Waals surface area contributed by atoms with E-state index in [-0.39, 0.29) is 50.6 Å². The molecular formula is C45H62N2O10. The monoisotopic (exact) mass is 790 g/mol. The second-order valence-electron chi connectivity index (χ2n) is 16.0. The fourth-order valence-electron chi connectivity index (χ4n) is 8.73. The predicted octanol–water partition coefficient (Wildman–Crippen LogP) is 8.60. The minimum absolute atomic E-state index is 0.0435. The van der Waals surface area contributed by atoms with Crippen molar-refractivity contribution < 1.29 is 48.3 Å². The summed E-state index contributed by atoms with van der Waals surface area (Å²) in [5.74, 6) is 0.119. The Morgan fingerprint density at radius 2 is 1.77 bits per heavy atom. The molecule has 0 bridgehead atoms. The summed E-state index contributed by atoms with van der Waals surface area (Å²) < 4.78 is 31.7. The summed E-state index contributed by atoms with van der Waals surface area (Å²) in [7, 11) is 1.52. The SMILES string of the molecule is C=CCOC12Oc3ccc(Oc4ccc(OC)c(C=O)c4)cc3C3C(CCCCO)C(CCCCO)C=C(C(=NOC(C)(C)C)CC1N(CCC)C(=O)OCC)C32. The molecule has 3 aliphatic rings. The maximum Gasteiger partial charge on any atom is 0.410 e. The molecule has 1 amide bonds. The number of hydrogen-bond donors (Lipinski definition) is 2. The number of amides is 1. The molecule has 0 spiro atoms. The number of aldehydes is 1. The molecule has 0 aromatic heterocycles. The number of oxime groups is 1. The number of hydrogen-bond acceptors (Lipinski definition) is 11. The average molecular weight is 791 g/mol. The van der Waals surface area contributed by atoms with Gasteiger partial charge in [0.05, 0.1) is 37.5 Å². The topological polar surface area (TPSA) is 146 Å². The Labute approximate surface area is 337 Å². The van der Waals surface area contributed by atoms with Gasteiger partial charge < -0.3 is 38.7 Å². The highest BCUT2D eigenvalue weighted by Crippen LogP contribution is 2.62. The first-order valence-corrected chi connectivity index (χ1v) is 20.5. The third-order valence-corrected chi connectivity index (χ3v) is 11.0. The Morgan fingerprint density at radius 3 is 2.42 bits per heavy atom. The minimum atomic E-state index is -1.39. The van der Waals surface area contributed by atoms with Gasteiger partial charge in [-0.2, -0.15) is 0 Å². The van der Waals surface area contributed by atoms with Crippen LogP contribution in [-0.2, 0) is 14.3 Å². The molecule has 0 saturated heterocycles. The molecule has 2 N–H and O–H groups in total. The number of aliphatic hydroxyl groups is 2. The second-order valence-corrected chi connectivity index (χ2v) is 16.0. The third-order valence-electron chi connectivity index (χ3n) is 11.0. The van der Waals surface area contributed by atoms with E-state index in [0.717, 1.165) is 43.1 Å². The number of allylic oxidation sites excluding steroid dienone is 1. The lowest BCUT2D eigenvalue weighted by Gasteiger charge is -2.60. The minimum Gasteiger partial charge on any atom is -0.496 e. The zero-order valence-corrected chi connectivity index (χ0v) is 34.5. The molecule has 312 valence electrons. The van der Waals surface area contributed by atoms with Gasteiger partial charge in [0, 0.05) is 37.7 Å². The number of benzene rings is 2. The van der Waals surface area contributed by atoms with Crippen LogP contribution in [0.25, 0.3) is 0 Å². The van der Waals surface area contributed by atoms with Crippen LogP contribution in [0.4, 0.5) is 4.79 Å². The molecule has 1 saturated carbocycles. The van der Waals surface area contributed by atoms with Crippen molar-refractivity contribution in [2.45, 2.75) is 109 Å². The highest BCUT2D eigenvalue weighted by Gasteiger charge is 2.65. The van der Waals surface area contributed by atoms with Crippen molar-refractivity contribution in [1.82, 2.24) is 4.90 Å². The lowest BCUT2D eigenvalue weighted by molar-refractivity contribution is -0.255. The highest BCUT2D eigenvalue weighted by atomic mass is 16.7. The highest BCUT2D eigenvalue weighted by molar-refractivity contribution is 6.03. The largest absolute Gasteiger partial charge is 0.496 e. The fraction of sp³-hybridized carbons (Fsp3) is 0.578. The van der Waals surface area contributed by atoms with Gasteiger partial charge in [-0.15, -0.1) is 6.58 Å². The first kappa shape index (κ1) is 43.7. The number of ether oxygens (including phenoxy) is 5. The van der Waals surface area contributed by atoms with Crippen molar-refractivity contribution in [3.05, 3.63) is 71.8 Å². The number of carbonyl (C=O) groups excluding carboxylic acids is 2. The van der Waals surface area contributed by atoms with Gasteiger partial charge in [0.25, 0.3) is 0 Å². The molecule has 1 fully saturated rings. The molecule has 12 heteroatoms. The summed E-state index contributed by atoms with van der Waals surface area (Å²) in [4.78, 5) is 33.8. The number of fused-ring (bicyclic) bond motifs is 2. The normalized spacial score (nSPS) is 24.3. The molecule has 2 aromatic rings. The van der Waals surface area contributed by atoms with E-state index in [0.29, 0.717) is 60.1 Å². The maximum absolute atomic E-state index is 14.0. The zero-order valence-electron chi connectivity index (χ0n) is 34.5. The number of methoxy groups -OCH3 is 1. The van der Waals surface area contributed by atoms with E-state index in [1.54, 1.807) is 36.1 Å². The summed E-state index contributed by atoms with van der Waals surface area (Å²) in [6.07, 6.45) is 9.79. The molecule has 2 aliphatic carbocycles. The van der Waals surface area contributed by atoms with E-state index in [1.165, 1.54) is 7.11 Å². The van der Waals surface area contributed by atoms with Gasteiger partial charge in [-0.1, -0.05) is 37.1 Å². The van der Waals surface area contributed by atoms with Gasteiger partial charge in [-0.05, 0) is 114 Å². The Morgan fingerprint density at radius 1 is 1.05 bits per heavy atom. The van der Waals surface area contributed by atoms with E-state index in [4.69, 9.17) is 33.7 Å². The van der Waals surface area contributed by atoms with Crippen LogP contribution < -0.4 is 14.2 Å². The number of nitrogens with zero attached hydrogens (tertiary/aromatic N) is 2. The maximum atomic E-state index is 14.0. The van der Waals surface area contributed by atoms with Gasteiger partial charge >= 0.3 is 6.09 Å². The summed E-state index contributed by atoms with van der Waals surface area (Å²) in [5.41, 5.74) is 2.36. The third kappa shape index (κ3) is 9.84. The zero-order chi connectivity index (χ0) is 41.2. The molecule has 1 aliphatic heterocycles. The van der Waals surface area contributed by atoms with Crippen LogP contribution >= 0.6 is 0 Å². The van der Waals surface area contributed by atoms with Crippen molar-refractivity contribution >= 4 is 18.1 Å². The Kier molecular flexibility index (Phi) is 15.2. The van der Waals surface area contributed by atoms with Gasteiger partial charge in [-0.3, -0.25) is 9.69 Å². The first-order valence-electron chi connectivity index (χ1n) is 20.5. The van der Waals surface area contributed by atoms with E-state index in [1.807, 2.05) is 45.9 Å². The number of carbonyl (C=O) groups is 2. The smallest absolute Gasteiger partial charge is 0.410 e. The van der Waals surface area contributed by atoms with Gasteiger partial charge in [0.1, 0.15) is 34.6 Å². The van der Waals surface area contributed by atoms with Crippen LogP contribution in [-0.4, -0.2) is 90.7 Å². The molecular weight excluding hydrogens is 728 g/mol. The number of rotatable bonds is 20. The molecule has 12 nitrogen and oxygen atoms in total. The molecule has 2 aromatic carbocycles. The standard InChI is InChI=1S/C45H62N2O10/c1-8-21-47(43(51)53-10-3)40-28-37(46-57-44(4,5)6)35-26-30(15-11-13-22-48)34(16-12-14-23-49)41-36-27-33(55-32-17-19-38(52-7)31(25-32)29-50)18-20-39(36)56-45(40,42(35)41)54-24-9-2/h9,17-20,25-27,29-30,34,40-42,48-49H,2,8,10-16,21-24,28H2,1,3-7H3. The Hall–Kier alpha value is -4.39. The average Bonchev–Trinajstić information content (AvgIpc) is 3.19. The lowest BCUT2D eigenvalue weighted by atomic mass is 9.55. The fourth-order valence-corrected chi connectivity index (χ4v) is 8.73. The predicted molar refractivity (Wildman–Crippen MR) is 218 cm³/mol. The van der Waals surface area contributed by atoms with Crippen LogP contribution in [0.2, 0.25) is 0 Å². The molecule has 6 unspecified atom stereocenters. The molecule has 5 rings (SSSR count). The van der Waals surface area contributed by atoms with Crippen LogP contribution in [0.1, 0.15) is 108 Å². The molecule has 1 heterocycles. The van der Waals surface area contributed by atoms with Gasteiger partial charge in [-0.25, -0.2) is 4.79 Å². The Bertz CT molecular complexity index is 1750. The molecule has 0 radical (unpaired) electrons. The van der Waals surface area contributed by atoms with Crippen LogP contribution in [0.5, 0.6) is 23.0 Å². The van der Waals surface area contributed by atoms with Crippen molar-refractivity contribution in [1.29, 1.82) is 0 Å². The number of unbranched alkanes of at least 4 members (excludes halogenated alkanes) is 2. The van der Waals surface area contributed by atoms with E-state index in [2.05, 4.69) is 12.7 Å². The van der Waals surface area contributed by atoms with Crippen LogP contribution in [0, 0.1) is 17.8 Å². The molecule has 6 atom stereocenters. The van der Waals surface area contributed by atoms with E-state index in [9.17, 15) is 19.8 Å². The summed E-state index contributed by atoms with van der Waals surface area (Å²) in [5, 5.41) is 24.6. The van der Waals surface area contributed by atoms with Crippen molar-refractivity contribution in [3.63, 3.8) is 0 Å². The first-order chi connectivity index (χ1) is 27.5. The summed E-state index contributed by atoms with van der Waals surface area (Å²) in [6.45, 7) is 14.6. The quantitative estimate of drug-likeness (QED) is 0.0579.